The van der Waals surface area contributed by atoms with Crippen LogP contribution >= 0.6 is 12.6 Å². The summed E-state index contributed by atoms with van der Waals surface area (Å²) in [5.41, 5.74) is 0. The molecule has 0 spiro atoms. The van der Waals surface area contributed by atoms with Crippen LogP contribution in [0.1, 0.15) is 58.3 Å². The monoisotopic (exact) mass is 246 g/mol. The number of carbonyl (C=O) groups is 1. The lowest BCUT2D eigenvalue weighted by Gasteiger charge is -2.11. The Bertz CT molecular complexity index is 171. The zero-order chi connectivity index (χ0) is 12.2. The lowest BCUT2D eigenvalue weighted by molar-refractivity contribution is -0.144. The van der Waals surface area contributed by atoms with E-state index in [1.54, 1.807) is 0 Å². The largest absolute Gasteiger partial charge is 0.469 e. The van der Waals surface area contributed by atoms with E-state index in [1.165, 1.54) is 45.6 Å². The Morgan fingerprint density at radius 2 is 1.69 bits per heavy atom. The van der Waals surface area contributed by atoms with Crippen LogP contribution in [0.5, 0.6) is 0 Å². The molecule has 0 heterocycles. The molecule has 0 aromatic rings. The molecule has 0 aliphatic heterocycles. The Labute approximate surface area is 106 Å². The third-order valence-corrected chi connectivity index (χ3v) is 3.35. The van der Waals surface area contributed by atoms with Crippen molar-refractivity contribution in [3.05, 3.63) is 0 Å². The normalized spacial score (nSPS) is 12.4. The van der Waals surface area contributed by atoms with E-state index in [9.17, 15) is 4.79 Å². The Morgan fingerprint density at radius 1 is 1.12 bits per heavy atom. The lowest BCUT2D eigenvalue weighted by Crippen LogP contribution is -2.17. The van der Waals surface area contributed by atoms with Gasteiger partial charge in [-0.15, -0.1) is 0 Å². The molecule has 0 aromatic carbocycles. The first-order chi connectivity index (χ1) is 7.76. The summed E-state index contributed by atoms with van der Waals surface area (Å²) in [6, 6.07) is 0. The van der Waals surface area contributed by atoms with E-state index >= 15 is 0 Å². The van der Waals surface area contributed by atoms with Gasteiger partial charge in [0.25, 0.3) is 0 Å². The van der Waals surface area contributed by atoms with Gasteiger partial charge in [-0.1, -0.05) is 51.9 Å². The van der Waals surface area contributed by atoms with Gasteiger partial charge in [-0.2, -0.15) is 12.6 Å². The van der Waals surface area contributed by atoms with Gasteiger partial charge in [0, 0.05) is 5.75 Å². The highest BCUT2D eigenvalue weighted by Gasteiger charge is 2.16. The van der Waals surface area contributed by atoms with E-state index < -0.39 is 0 Å². The predicted molar refractivity (Wildman–Crippen MR) is 72.0 cm³/mol. The van der Waals surface area contributed by atoms with Gasteiger partial charge < -0.3 is 4.74 Å². The molecule has 1 unspecified atom stereocenters. The van der Waals surface area contributed by atoms with Gasteiger partial charge in [-0.3, -0.25) is 4.79 Å². The molecule has 3 heteroatoms. The van der Waals surface area contributed by atoms with Crippen LogP contribution in [0.3, 0.4) is 0 Å². The third kappa shape index (κ3) is 8.03. The number of hydrogen-bond donors (Lipinski definition) is 1. The quantitative estimate of drug-likeness (QED) is 0.360. The smallest absolute Gasteiger partial charge is 0.309 e. The predicted octanol–water partition coefficient (Wildman–Crippen LogP) is 3.85. The molecule has 2 nitrogen and oxygen atoms in total. The first-order valence-electron chi connectivity index (χ1n) is 6.45. The van der Waals surface area contributed by atoms with E-state index in [1.807, 2.05) is 0 Å². The maximum absolute atomic E-state index is 11.3. The van der Waals surface area contributed by atoms with Crippen molar-refractivity contribution in [3.63, 3.8) is 0 Å². The fraction of sp³-hybridized carbons (Fsp3) is 0.923. The second-order valence-corrected chi connectivity index (χ2v) is 4.68. The van der Waals surface area contributed by atoms with Gasteiger partial charge in [-0.25, -0.2) is 0 Å². The van der Waals surface area contributed by atoms with Gasteiger partial charge in [0.1, 0.15) is 0 Å². The molecule has 0 bridgehead atoms. The topological polar surface area (TPSA) is 26.3 Å². The van der Waals surface area contributed by atoms with Crippen molar-refractivity contribution < 1.29 is 9.53 Å². The highest BCUT2D eigenvalue weighted by molar-refractivity contribution is 7.80. The molecule has 0 aliphatic carbocycles. The fourth-order valence-electron chi connectivity index (χ4n) is 1.80. The average molecular weight is 246 g/mol. The molecule has 0 saturated carbocycles. The van der Waals surface area contributed by atoms with Gasteiger partial charge in [0.15, 0.2) is 0 Å². The number of ether oxygens (including phenoxy) is 1. The number of esters is 1. The minimum atomic E-state index is -0.110. The minimum Gasteiger partial charge on any atom is -0.469 e. The van der Waals surface area contributed by atoms with Crippen molar-refractivity contribution in [1.82, 2.24) is 0 Å². The van der Waals surface area contributed by atoms with E-state index in [2.05, 4.69) is 19.6 Å². The van der Waals surface area contributed by atoms with Crippen LogP contribution in [0.4, 0.5) is 0 Å². The van der Waals surface area contributed by atoms with Crippen molar-refractivity contribution in [2.75, 3.05) is 12.9 Å². The number of carbonyl (C=O) groups excluding carboxylic acids is 1. The van der Waals surface area contributed by atoms with Crippen LogP contribution in [0.2, 0.25) is 0 Å². The first-order valence-corrected chi connectivity index (χ1v) is 7.08. The first kappa shape index (κ1) is 15.8. The lowest BCUT2D eigenvalue weighted by atomic mass is 10.0. The molecule has 0 amide bonds. The zero-order valence-corrected chi connectivity index (χ0v) is 11.6. The second-order valence-electron chi connectivity index (χ2n) is 4.31. The van der Waals surface area contributed by atoms with E-state index in [-0.39, 0.29) is 11.9 Å². The molecule has 0 N–H and O–H groups in total. The maximum Gasteiger partial charge on any atom is 0.309 e. The molecular weight excluding hydrogens is 220 g/mol. The number of hydrogen-bond acceptors (Lipinski definition) is 3. The highest BCUT2D eigenvalue weighted by atomic mass is 32.1. The van der Waals surface area contributed by atoms with Crippen LogP contribution in [-0.4, -0.2) is 18.8 Å². The molecule has 16 heavy (non-hydrogen) atoms. The summed E-state index contributed by atoms with van der Waals surface area (Å²) < 4.78 is 4.73. The second kappa shape index (κ2) is 11.3. The molecule has 0 aromatic heterocycles. The minimum absolute atomic E-state index is 0.0102. The summed E-state index contributed by atoms with van der Waals surface area (Å²) in [4.78, 5) is 11.3. The van der Waals surface area contributed by atoms with Crippen LogP contribution < -0.4 is 0 Å². The Hall–Kier alpha value is -0.180. The van der Waals surface area contributed by atoms with Crippen molar-refractivity contribution in [2.24, 2.45) is 5.92 Å². The molecule has 1 atom stereocenters. The summed E-state index contributed by atoms with van der Waals surface area (Å²) >= 11 is 4.18. The molecule has 0 rings (SSSR count). The van der Waals surface area contributed by atoms with Gasteiger partial charge in [0.05, 0.1) is 13.0 Å². The molecule has 96 valence electrons. The standard InChI is InChI=1S/C13H26O2S/c1-3-4-5-6-7-8-9-10-12(11-16)13(14)15-2/h12,16H,3-11H2,1-2H3. The number of rotatable bonds is 10. The van der Waals surface area contributed by atoms with Gasteiger partial charge in [-0.05, 0) is 6.42 Å². The van der Waals surface area contributed by atoms with Crippen LogP contribution in [0.15, 0.2) is 0 Å². The summed E-state index contributed by atoms with van der Waals surface area (Å²) in [5.74, 6) is 0.479. The van der Waals surface area contributed by atoms with E-state index in [0.717, 1.165) is 12.8 Å². The molecular formula is C13H26O2S. The number of thiol groups is 1. The summed E-state index contributed by atoms with van der Waals surface area (Å²) in [5, 5.41) is 0. The maximum atomic E-state index is 11.3. The summed E-state index contributed by atoms with van der Waals surface area (Å²) in [6.07, 6.45) is 9.88. The third-order valence-electron chi connectivity index (χ3n) is 2.91. The summed E-state index contributed by atoms with van der Waals surface area (Å²) in [7, 11) is 1.45. The highest BCUT2D eigenvalue weighted by Crippen LogP contribution is 2.15. The van der Waals surface area contributed by atoms with E-state index in [0.29, 0.717) is 5.75 Å². The SMILES string of the molecule is CCCCCCCCCC(CS)C(=O)OC. The summed E-state index contributed by atoms with van der Waals surface area (Å²) in [6.45, 7) is 2.23. The van der Waals surface area contributed by atoms with Gasteiger partial charge in [0.2, 0.25) is 0 Å². The van der Waals surface area contributed by atoms with Crippen molar-refractivity contribution in [3.8, 4) is 0 Å². The fourth-order valence-corrected chi connectivity index (χ4v) is 2.13. The van der Waals surface area contributed by atoms with Crippen LogP contribution in [0.25, 0.3) is 0 Å². The number of methoxy groups -OCH3 is 1. The zero-order valence-electron chi connectivity index (χ0n) is 10.7. The molecule has 0 fully saturated rings. The molecule has 0 aliphatic rings. The van der Waals surface area contributed by atoms with Crippen molar-refractivity contribution in [2.45, 2.75) is 58.3 Å². The van der Waals surface area contributed by atoms with Crippen LogP contribution in [0, 0.1) is 5.92 Å². The number of unbranched alkanes of at least 4 members (excludes halogenated alkanes) is 6. The van der Waals surface area contributed by atoms with Crippen molar-refractivity contribution in [1.29, 1.82) is 0 Å². The van der Waals surface area contributed by atoms with Crippen molar-refractivity contribution >= 4 is 18.6 Å². The van der Waals surface area contributed by atoms with Gasteiger partial charge >= 0.3 is 5.97 Å². The molecule has 0 saturated heterocycles. The Balaban J connectivity index is 3.38. The van der Waals surface area contributed by atoms with Crippen LogP contribution in [-0.2, 0) is 9.53 Å². The average Bonchev–Trinajstić information content (AvgIpc) is 2.32. The Morgan fingerprint density at radius 3 is 2.19 bits per heavy atom. The molecule has 0 radical (unpaired) electrons. The Kier molecular flexibility index (Phi) is 11.2. The van der Waals surface area contributed by atoms with E-state index in [4.69, 9.17) is 4.74 Å².